The first-order valence-corrected chi connectivity index (χ1v) is 12.8. The summed E-state index contributed by atoms with van der Waals surface area (Å²) in [5.74, 6) is 6.73. The number of halogens is 5. The van der Waals surface area contributed by atoms with Crippen molar-refractivity contribution in [2.24, 2.45) is 11.6 Å². The van der Waals surface area contributed by atoms with Gasteiger partial charge in [0.1, 0.15) is 46.4 Å². The van der Waals surface area contributed by atoms with Crippen molar-refractivity contribution in [1.82, 2.24) is 24.8 Å². The fourth-order valence-electron chi connectivity index (χ4n) is 4.64. The van der Waals surface area contributed by atoms with Crippen LogP contribution < -0.4 is 11.6 Å². The van der Waals surface area contributed by atoms with E-state index in [1.165, 1.54) is 53.3 Å². The van der Waals surface area contributed by atoms with Crippen molar-refractivity contribution >= 4 is 40.2 Å². The molecule has 2 aliphatic heterocycles. The lowest BCUT2D eigenvalue weighted by molar-refractivity contribution is -0.294. The van der Waals surface area contributed by atoms with E-state index in [1.54, 1.807) is 5.38 Å². The van der Waals surface area contributed by atoms with Gasteiger partial charge < -0.3 is 25.0 Å². The highest BCUT2D eigenvalue weighted by Gasteiger charge is 2.55. The van der Waals surface area contributed by atoms with Gasteiger partial charge in [-0.25, -0.2) is 10.8 Å². The minimum absolute atomic E-state index is 0.0922. The number of ether oxygens (including phenoxy) is 3. The van der Waals surface area contributed by atoms with Crippen molar-refractivity contribution in [2.75, 3.05) is 13.7 Å². The lowest BCUT2D eigenvalue weighted by Crippen LogP contribution is -2.68. The monoisotopic (exact) mass is 591 g/mol. The molecular weight excluding hydrogens is 570 g/mol. The number of hydrazine groups is 1. The van der Waals surface area contributed by atoms with Crippen molar-refractivity contribution in [3.63, 3.8) is 0 Å². The number of methoxy groups -OCH3 is 1. The molecule has 0 saturated carbocycles. The van der Waals surface area contributed by atoms with E-state index in [-0.39, 0.29) is 34.7 Å². The summed E-state index contributed by atoms with van der Waals surface area (Å²) < 4.78 is 60.9. The first kappa shape index (κ1) is 27.1. The number of hydrogen-bond acceptors (Lipinski definition) is 10. The largest absolute Gasteiger partial charge is 0.418 e. The molecule has 204 valence electrons. The molecule has 5 unspecified atom stereocenters. The van der Waals surface area contributed by atoms with Crippen LogP contribution in [0.4, 0.5) is 13.2 Å². The van der Waals surface area contributed by atoms with Crippen LogP contribution in [-0.2, 0) is 20.4 Å². The average Bonchev–Trinajstić information content (AvgIpc) is 3.44. The fourth-order valence-corrected chi connectivity index (χ4v) is 5.68. The molecule has 38 heavy (non-hydrogen) atoms. The molecule has 4 N–H and O–H groups in total. The summed E-state index contributed by atoms with van der Waals surface area (Å²) in [6, 6.07) is 2.64. The minimum Gasteiger partial charge on any atom is -0.395 e. The molecule has 0 amide bonds. The number of aromatic nitrogens is 4. The Balaban J connectivity index is 1.56. The number of aryl methyl sites for hydroxylation is 1. The first-order chi connectivity index (χ1) is 18.0. The molecule has 2 aliphatic rings. The van der Waals surface area contributed by atoms with Gasteiger partial charge in [-0.05, 0) is 25.1 Å². The van der Waals surface area contributed by atoms with Gasteiger partial charge in [-0.1, -0.05) is 23.2 Å². The maximum absolute atomic E-state index is 14.0. The zero-order valence-corrected chi connectivity index (χ0v) is 22.2. The molecular formula is C22H22Cl2F3N7O3S. The van der Waals surface area contributed by atoms with Gasteiger partial charge in [-0.15, -0.1) is 21.5 Å². The van der Waals surface area contributed by atoms with Crippen LogP contribution in [0.2, 0.25) is 10.2 Å². The van der Waals surface area contributed by atoms with E-state index in [2.05, 4.69) is 15.2 Å². The molecule has 2 aromatic heterocycles. The second-order valence-corrected chi connectivity index (χ2v) is 10.4. The number of benzene rings is 1. The predicted octanol–water partition coefficient (Wildman–Crippen LogP) is 3.71. The second-order valence-electron chi connectivity index (χ2n) is 8.69. The Hall–Kier alpha value is -2.46. The summed E-state index contributed by atoms with van der Waals surface area (Å²) in [5, 5.41) is 12.1. The third-order valence-corrected chi connectivity index (χ3v) is 7.80. The highest BCUT2D eigenvalue weighted by molar-refractivity contribution is 7.11. The molecule has 0 aliphatic carbocycles. The third-order valence-electron chi connectivity index (χ3n) is 6.35. The van der Waals surface area contributed by atoms with E-state index in [9.17, 15) is 13.2 Å². The Morgan fingerprint density at radius 3 is 2.68 bits per heavy atom. The van der Waals surface area contributed by atoms with Gasteiger partial charge in [0.05, 0.1) is 23.6 Å². The molecule has 0 bridgehead atoms. The molecule has 2 saturated heterocycles. The summed E-state index contributed by atoms with van der Waals surface area (Å²) >= 11 is 13.3. The lowest BCUT2D eigenvalue weighted by atomic mass is 9.88. The minimum atomic E-state index is -4.66. The maximum atomic E-state index is 14.0. The Kier molecular flexibility index (Phi) is 7.32. The van der Waals surface area contributed by atoms with Crippen LogP contribution in [0.1, 0.15) is 28.3 Å². The van der Waals surface area contributed by atoms with Gasteiger partial charge in [-0.2, -0.15) is 13.2 Å². The van der Waals surface area contributed by atoms with E-state index < -0.39 is 42.2 Å². The molecule has 5 atom stereocenters. The van der Waals surface area contributed by atoms with Gasteiger partial charge >= 0.3 is 6.18 Å². The second kappa shape index (κ2) is 10.3. The Bertz CT molecular complexity index is 1370. The average molecular weight is 592 g/mol. The number of nitrogens with zero attached hydrogens (tertiary/aromatic N) is 5. The molecule has 0 spiro atoms. The van der Waals surface area contributed by atoms with Crippen LogP contribution >= 0.6 is 34.5 Å². The quantitative estimate of drug-likeness (QED) is 0.326. The Morgan fingerprint density at radius 1 is 1.32 bits per heavy atom. The van der Waals surface area contributed by atoms with E-state index in [0.717, 1.165) is 6.07 Å². The number of rotatable bonds is 6. The van der Waals surface area contributed by atoms with E-state index in [4.69, 9.17) is 49.0 Å². The normalized spacial score (nSPS) is 25.7. The number of nitrogens with two attached hydrogens (primary N) is 2. The number of alkyl halides is 3. The van der Waals surface area contributed by atoms with Crippen LogP contribution in [0.3, 0.4) is 0 Å². The SMILES string of the molecule is COC1C(c2nnc(C)n2-c2cc(Cl)ccc2C(F)(F)F)OC2COC2C1N(N)/C=C(\N)c1nc(Cl)cs1. The van der Waals surface area contributed by atoms with Gasteiger partial charge in [0.15, 0.2) is 5.82 Å². The van der Waals surface area contributed by atoms with Gasteiger partial charge in [0, 0.05) is 23.7 Å². The van der Waals surface area contributed by atoms with Crippen LogP contribution in [0, 0.1) is 6.92 Å². The van der Waals surface area contributed by atoms with Gasteiger partial charge in [0.25, 0.3) is 0 Å². The summed E-state index contributed by atoms with van der Waals surface area (Å²) in [4.78, 5) is 4.14. The molecule has 1 aromatic carbocycles. The van der Waals surface area contributed by atoms with Crippen molar-refractivity contribution < 1.29 is 27.4 Å². The van der Waals surface area contributed by atoms with E-state index >= 15 is 0 Å². The number of fused-ring (bicyclic) bond motifs is 1. The van der Waals surface area contributed by atoms with Crippen molar-refractivity contribution in [2.45, 2.75) is 43.6 Å². The first-order valence-electron chi connectivity index (χ1n) is 11.2. The Morgan fingerprint density at radius 2 is 2.08 bits per heavy atom. The van der Waals surface area contributed by atoms with E-state index in [1.807, 2.05) is 0 Å². The van der Waals surface area contributed by atoms with Crippen molar-refractivity contribution in [3.05, 3.63) is 62.2 Å². The molecule has 5 rings (SSSR count). The van der Waals surface area contributed by atoms with E-state index in [0.29, 0.717) is 10.2 Å². The number of hydrogen-bond donors (Lipinski definition) is 2. The van der Waals surface area contributed by atoms with Crippen molar-refractivity contribution in [1.29, 1.82) is 0 Å². The number of thiazole rings is 1. The van der Waals surface area contributed by atoms with Crippen LogP contribution in [0.25, 0.3) is 11.4 Å². The highest BCUT2D eigenvalue weighted by Crippen LogP contribution is 2.42. The molecule has 2 fully saturated rings. The predicted molar refractivity (Wildman–Crippen MR) is 133 cm³/mol. The topological polar surface area (TPSA) is 127 Å². The van der Waals surface area contributed by atoms with Crippen molar-refractivity contribution in [3.8, 4) is 5.69 Å². The zero-order valence-electron chi connectivity index (χ0n) is 19.9. The lowest BCUT2D eigenvalue weighted by Gasteiger charge is -2.52. The standard InChI is InChI=1S/C22H22Cl2F3N7O3S/c1-9-31-32-20(34(9)13-5-10(23)3-4-11(13)22(25,26)27)19-18(35-2)16(17-14(37-19)7-36-17)33(29)6-12(28)21-30-15(24)8-38-21/h3-6,8,14,16-19H,7,28-29H2,1-2H3/b12-6-. The zero-order chi connectivity index (χ0) is 27.4. The maximum Gasteiger partial charge on any atom is 0.418 e. The summed E-state index contributed by atoms with van der Waals surface area (Å²) in [6.07, 6.45) is -5.93. The summed E-state index contributed by atoms with van der Waals surface area (Å²) in [5.41, 5.74) is 5.30. The van der Waals surface area contributed by atoms with Crippen LogP contribution in [0.15, 0.2) is 29.8 Å². The molecule has 3 aromatic rings. The third kappa shape index (κ3) is 4.85. The molecule has 10 nitrogen and oxygen atoms in total. The molecule has 0 radical (unpaired) electrons. The highest BCUT2D eigenvalue weighted by atomic mass is 35.5. The molecule has 16 heteroatoms. The van der Waals surface area contributed by atoms with Gasteiger partial charge in [-0.3, -0.25) is 4.57 Å². The fraction of sp³-hybridized carbons (Fsp3) is 0.409. The van der Waals surface area contributed by atoms with Crippen LogP contribution in [-0.4, -0.2) is 62.8 Å². The summed E-state index contributed by atoms with van der Waals surface area (Å²) in [7, 11) is 1.43. The van der Waals surface area contributed by atoms with Crippen LogP contribution in [0.5, 0.6) is 0 Å². The smallest absolute Gasteiger partial charge is 0.395 e. The summed E-state index contributed by atoms with van der Waals surface area (Å²) in [6.45, 7) is 1.79. The Labute approximate surface area is 228 Å². The molecule has 4 heterocycles. The van der Waals surface area contributed by atoms with Gasteiger partial charge in [0.2, 0.25) is 0 Å².